The van der Waals surface area contributed by atoms with Crippen LogP contribution in [0.25, 0.3) is 10.9 Å². The number of aromatic nitrogens is 1. The van der Waals surface area contributed by atoms with Gasteiger partial charge in [-0.15, -0.1) is 0 Å². The number of hydrogen-bond acceptors (Lipinski definition) is 2. The molecule has 2 heterocycles. The molecule has 1 unspecified atom stereocenters. The zero-order valence-electron chi connectivity index (χ0n) is 9.99. The van der Waals surface area contributed by atoms with Crippen molar-refractivity contribution in [2.75, 3.05) is 18.5 Å². The van der Waals surface area contributed by atoms with E-state index in [0.29, 0.717) is 5.92 Å². The molecule has 0 saturated carbocycles. The van der Waals surface area contributed by atoms with Crippen LogP contribution in [-0.4, -0.2) is 18.6 Å². The third kappa shape index (κ3) is 1.16. The average Bonchev–Trinajstić information content (AvgIpc) is 2.55. The van der Waals surface area contributed by atoms with E-state index in [-0.39, 0.29) is 0 Å². The van der Waals surface area contributed by atoms with Gasteiger partial charge in [0.2, 0.25) is 0 Å². The second-order valence-corrected chi connectivity index (χ2v) is 4.76. The molecule has 0 fully saturated rings. The molecule has 82 valence electrons. The van der Waals surface area contributed by atoms with Crippen LogP contribution in [0.5, 0.6) is 0 Å². The zero-order valence-corrected chi connectivity index (χ0v) is 9.99. The summed E-state index contributed by atoms with van der Waals surface area (Å²) in [6.07, 6.45) is 0. The Kier molecular flexibility index (Phi) is 1.93. The quantitative estimate of drug-likeness (QED) is 0.667. The number of benzene rings is 1. The lowest BCUT2D eigenvalue weighted by Crippen LogP contribution is -2.14. The summed E-state index contributed by atoms with van der Waals surface area (Å²) < 4.78 is 0. The maximum Gasteiger partial charge on any atom is 0.0726 e. The maximum atomic E-state index is 4.71. The van der Waals surface area contributed by atoms with Gasteiger partial charge in [-0.25, -0.2) is 0 Å². The van der Waals surface area contributed by atoms with Crippen LogP contribution in [0.3, 0.4) is 0 Å². The summed E-state index contributed by atoms with van der Waals surface area (Å²) in [5.41, 5.74) is 5.11. The van der Waals surface area contributed by atoms with Crippen molar-refractivity contribution in [3.05, 3.63) is 35.5 Å². The standard InChI is InChI=1S/C14H16N2/c1-9-8-16(3)14-11-6-4-5-7-12(11)15-10(2)13(9)14/h4-7,9H,8H2,1-3H3. The number of para-hydroxylation sites is 1. The summed E-state index contributed by atoms with van der Waals surface area (Å²) in [4.78, 5) is 7.06. The first-order chi connectivity index (χ1) is 7.68. The van der Waals surface area contributed by atoms with E-state index >= 15 is 0 Å². The first kappa shape index (κ1) is 9.64. The van der Waals surface area contributed by atoms with Gasteiger partial charge < -0.3 is 4.90 Å². The number of anilines is 1. The van der Waals surface area contributed by atoms with Crippen LogP contribution < -0.4 is 4.90 Å². The van der Waals surface area contributed by atoms with Crippen molar-refractivity contribution >= 4 is 16.6 Å². The third-order valence-electron chi connectivity index (χ3n) is 3.51. The fraction of sp³-hybridized carbons (Fsp3) is 0.357. The minimum absolute atomic E-state index is 0.595. The van der Waals surface area contributed by atoms with E-state index in [1.165, 1.54) is 22.3 Å². The molecule has 16 heavy (non-hydrogen) atoms. The molecule has 0 bridgehead atoms. The highest BCUT2D eigenvalue weighted by Crippen LogP contribution is 2.41. The molecule has 1 aliphatic rings. The van der Waals surface area contributed by atoms with Gasteiger partial charge in [-0.05, 0) is 13.0 Å². The number of pyridine rings is 1. The van der Waals surface area contributed by atoms with E-state index in [0.717, 1.165) is 12.1 Å². The first-order valence-electron chi connectivity index (χ1n) is 5.79. The van der Waals surface area contributed by atoms with E-state index in [1.54, 1.807) is 0 Å². The number of likely N-dealkylation sites (N-methyl/N-ethyl adjacent to an activating group) is 1. The fourth-order valence-electron chi connectivity index (χ4n) is 2.92. The normalized spacial score (nSPS) is 19.2. The Morgan fingerprint density at radius 2 is 2.06 bits per heavy atom. The smallest absolute Gasteiger partial charge is 0.0726 e. The van der Waals surface area contributed by atoms with Crippen LogP contribution in [0, 0.1) is 6.92 Å². The van der Waals surface area contributed by atoms with Crippen molar-refractivity contribution in [2.45, 2.75) is 19.8 Å². The molecule has 1 aromatic carbocycles. The van der Waals surface area contributed by atoms with E-state index in [4.69, 9.17) is 4.98 Å². The summed E-state index contributed by atoms with van der Waals surface area (Å²) in [7, 11) is 2.17. The molecule has 2 aromatic rings. The summed E-state index contributed by atoms with van der Waals surface area (Å²) in [5, 5.41) is 1.29. The number of aryl methyl sites for hydroxylation is 1. The van der Waals surface area contributed by atoms with Gasteiger partial charge in [-0.1, -0.05) is 25.1 Å². The third-order valence-corrected chi connectivity index (χ3v) is 3.51. The minimum Gasteiger partial charge on any atom is -0.373 e. The minimum atomic E-state index is 0.595. The van der Waals surface area contributed by atoms with Crippen LogP contribution in [-0.2, 0) is 0 Å². The van der Waals surface area contributed by atoms with Gasteiger partial charge in [0, 0.05) is 36.2 Å². The van der Waals surface area contributed by atoms with E-state index < -0.39 is 0 Å². The first-order valence-corrected chi connectivity index (χ1v) is 5.79. The Morgan fingerprint density at radius 1 is 1.31 bits per heavy atom. The van der Waals surface area contributed by atoms with E-state index in [9.17, 15) is 0 Å². The second kappa shape index (κ2) is 3.21. The molecule has 1 aliphatic heterocycles. The second-order valence-electron chi connectivity index (χ2n) is 4.76. The van der Waals surface area contributed by atoms with Crippen molar-refractivity contribution < 1.29 is 0 Å². The Morgan fingerprint density at radius 3 is 2.88 bits per heavy atom. The number of nitrogens with zero attached hydrogens (tertiary/aromatic N) is 2. The summed E-state index contributed by atoms with van der Waals surface area (Å²) in [6.45, 7) is 5.51. The lowest BCUT2D eigenvalue weighted by Gasteiger charge is -2.15. The van der Waals surface area contributed by atoms with E-state index in [1.807, 2.05) is 0 Å². The van der Waals surface area contributed by atoms with Crippen molar-refractivity contribution in [2.24, 2.45) is 0 Å². The number of rotatable bonds is 0. The molecule has 1 aromatic heterocycles. The lowest BCUT2D eigenvalue weighted by molar-refractivity contribution is 0.789. The molecule has 0 amide bonds. The van der Waals surface area contributed by atoms with Crippen LogP contribution in [0.4, 0.5) is 5.69 Å². The lowest BCUT2D eigenvalue weighted by atomic mass is 10.00. The fourth-order valence-corrected chi connectivity index (χ4v) is 2.92. The molecular weight excluding hydrogens is 196 g/mol. The molecule has 0 radical (unpaired) electrons. The van der Waals surface area contributed by atoms with Gasteiger partial charge in [0.1, 0.15) is 0 Å². The summed E-state index contributed by atoms with van der Waals surface area (Å²) in [5.74, 6) is 0.595. The number of hydrogen-bond donors (Lipinski definition) is 0. The van der Waals surface area contributed by atoms with Gasteiger partial charge in [0.15, 0.2) is 0 Å². The van der Waals surface area contributed by atoms with Gasteiger partial charge in [-0.3, -0.25) is 4.98 Å². The van der Waals surface area contributed by atoms with Gasteiger partial charge in [-0.2, -0.15) is 0 Å². The monoisotopic (exact) mass is 212 g/mol. The zero-order chi connectivity index (χ0) is 11.3. The Labute approximate surface area is 95.9 Å². The van der Waals surface area contributed by atoms with Crippen molar-refractivity contribution in [1.29, 1.82) is 0 Å². The predicted molar refractivity (Wildman–Crippen MR) is 68.2 cm³/mol. The predicted octanol–water partition coefficient (Wildman–Crippen LogP) is 3.10. The Balaban J connectivity index is 2.44. The van der Waals surface area contributed by atoms with Gasteiger partial charge in [0.25, 0.3) is 0 Å². The molecule has 1 atom stereocenters. The van der Waals surface area contributed by atoms with Gasteiger partial charge >= 0.3 is 0 Å². The molecule has 2 nitrogen and oxygen atoms in total. The van der Waals surface area contributed by atoms with E-state index in [2.05, 4.69) is 50.1 Å². The summed E-state index contributed by atoms with van der Waals surface area (Å²) >= 11 is 0. The maximum absolute atomic E-state index is 4.71. The van der Waals surface area contributed by atoms with Crippen LogP contribution in [0.15, 0.2) is 24.3 Å². The highest BCUT2D eigenvalue weighted by molar-refractivity contribution is 5.95. The molecule has 0 aliphatic carbocycles. The molecule has 0 N–H and O–H groups in total. The highest BCUT2D eigenvalue weighted by atomic mass is 15.1. The molecular formula is C14H16N2. The van der Waals surface area contributed by atoms with Crippen molar-refractivity contribution in [1.82, 2.24) is 4.98 Å². The molecule has 2 heteroatoms. The van der Waals surface area contributed by atoms with Crippen LogP contribution in [0.1, 0.15) is 24.1 Å². The molecule has 0 spiro atoms. The molecule has 3 rings (SSSR count). The molecule has 0 saturated heterocycles. The summed E-state index contributed by atoms with van der Waals surface area (Å²) in [6, 6.07) is 8.42. The van der Waals surface area contributed by atoms with Gasteiger partial charge in [0.05, 0.1) is 11.2 Å². The van der Waals surface area contributed by atoms with Crippen LogP contribution in [0.2, 0.25) is 0 Å². The van der Waals surface area contributed by atoms with Crippen molar-refractivity contribution in [3.8, 4) is 0 Å². The van der Waals surface area contributed by atoms with Crippen LogP contribution >= 0.6 is 0 Å². The SMILES string of the molecule is Cc1nc2ccccc2c2c1C(C)CN2C. The number of fused-ring (bicyclic) bond motifs is 3. The Hall–Kier alpha value is -1.57. The highest BCUT2D eigenvalue weighted by Gasteiger charge is 2.27. The Bertz CT molecular complexity index is 560. The van der Waals surface area contributed by atoms with Crippen molar-refractivity contribution in [3.63, 3.8) is 0 Å². The largest absolute Gasteiger partial charge is 0.373 e. The topological polar surface area (TPSA) is 16.1 Å². The average molecular weight is 212 g/mol.